The van der Waals surface area contributed by atoms with Crippen molar-refractivity contribution in [3.05, 3.63) is 23.8 Å². The average molecular weight is 201 g/mol. The number of hydrogen-bond acceptors (Lipinski definition) is 3. The Bertz CT molecular complexity index is 441. The molecule has 0 aliphatic heterocycles. The van der Waals surface area contributed by atoms with Crippen LogP contribution in [0.1, 0.15) is 24.4 Å². The molecule has 1 aliphatic carbocycles. The van der Waals surface area contributed by atoms with Gasteiger partial charge in [0.05, 0.1) is 0 Å². The lowest BCUT2D eigenvalue weighted by Gasteiger charge is -2.02. The van der Waals surface area contributed by atoms with E-state index in [0.717, 1.165) is 18.5 Å². The standard InChI is InChI=1S/C11H11N3O/c1-9-3-7-12-10(14-9)2-4-11(5-6-11)13-8-15/h3,7-8H,5-6H2,1H3,(H,13,15). The summed E-state index contributed by atoms with van der Waals surface area (Å²) in [6.45, 7) is 1.89. The molecule has 1 N–H and O–H groups in total. The molecule has 0 bridgehead atoms. The summed E-state index contributed by atoms with van der Waals surface area (Å²) < 4.78 is 0. The van der Waals surface area contributed by atoms with Crippen LogP contribution >= 0.6 is 0 Å². The molecule has 1 amide bonds. The summed E-state index contributed by atoms with van der Waals surface area (Å²) in [6, 6.07) is 1.82. The number of carbonyl (C=O) groups is 1. The molecule has 0 radical (unpaired) electrons. The number of aromatic nitrogens is 2. The summed E-state index contributed by atoms with van der Waals surface area (Å²) in [5.74, 6) is 6.38. The fourth-order valence-electron chi connectivity index (χ4n) is 1.23. The lowest BCUT2D eigenvalue weighted by atomic mass is 10.3. The van der Waals surface area contributed by atoms with E-state index in [0.29, 0.717) is 12.2 Å². The van der Waals surface area contributed by atoms with E-state index < -0.39 is 0 Å². The summed E-state index contributed by atoms with van der Waals surface area (Å²) >= 11 is 0. The minimum atomic E-state index is -0.311. The monoisotopic (exact) mass is 201 g/mol. The number of amides is 1. The third-order valence-electron chi connectivity index (χ3n) is 2.29. The summed E-state index contributed by atoms with van der Waals surface area (Å²) in [4.78, 5) is 18.5. The molecule has 1 aromatic heterocycles. The van der Waals surface area contributed by atoms with Crippen LogP contribution in [0, 0.1) is 18.8 Å². The molecular weight excluding hydrogens is 190 g/mol. The summed E-state index contributed by atoms with van der Waals surface area (Å²) in [5.41, 5.74) is 0.581. The predicted molar refractivity (Wildman–Crippen MR) is 54.8 cm³/mol. The Morgan fingerprint density at radius 1 is 1.60 bits per heavy atom. The quantitative estimate of drug-likeness (QED) is 0.557. The molecule has 0 aromatic carbocycles. The van der Waals surface area contributed by atoms with E-state index in [2.05, 4.69) is 27.1 Å². The van der Waals surface area contributed by atoms with Crippen LogP contribution < -0.4 is 5.32 Å². The van der Waals surface area contributed by atoms with Crippen LogP contribution in [-0.4, -0.2) is 21.9 Å². The van der Waals surface area contributed by atoms with Crippen LogP contribution in [0.2, 0.25) is 0 Å². The number of carbonyl (C=O) groups excluding carboxylic acids is 1. The molecule has 4 nitrogen and oxygen atoms in total. The van der Waals surface area contributed by atoms with Crippen LogP contribution in [0.5, 0.6) is 0 Å². The first-order valence-corrected chi connectivity index (χ1v) is 4.78. The van der Waals surface area contributed by atoms with Crippen molar-refractivity contribution < 1.29 is 4.79 Å². The lowest BCUT2D eigenvalue weighted by Crippen LogP contribution is -2.27. The molecule has 0 spiro atoms. The second-order valence-corrected chi connectivity index (χ2v) is 3.62. The van der Waals surface area contributed by atoms with E-state index in [4.69, 9.17) is 0 Å². The molecule has 76 valence electrons. The zero-order valence-electron chi connectivity index (χ0n) is 8.45. The Kier molecular flexibility index (Phi) is 2.38. The van der Waals surface area contributed by atoms with Gasteiger partial charge in [-0.25, -0.2) is 9.97 Å². The molecule has 1 saturated carbocycles. The first kappa shape index (κ1) is 9.66. The van der Waals surface area contributed by atoms with Gasteiger partial charge in [-0.1, -0.05) is 5.92 Å². The fraction of sp³-hybridized carbons (Fsp3) is 0.364. The third-order valence-corrected chi connectivity index (χ3v) is 2.29. The van der Waals surface area contributed by atoms with Gasteiger partial charge in [-0.05, 0) is 31.8 Å². The molecule has 15 heavy (non-hydrogen) atoms. The van der Waals surface area contributed by atoms with Gasteiger partial charge in [-0.2, -0.15) is 0 Å². The van der Waals surface area contributed by atoms with Crippen molar-refractivity contribution >= 4 is 6.41 Å². The van der Waals surface area contributed by atoms with Gasteiger partial charge >= 0.3 is 0 Å². The second-order valence-electron chi connectivity index (χ2n) is 3.62. The number of nitrogens with one attached hydrogen (secondary N) is 1. The van der Waals surface area contributed by atoms with Crippen molar-refractivity contribution in [2.24, 2.45) is 0 Å². The van der Waals surface area contributed by atoms with Crippen molar-refractivity contribution in [2.45, 2.75) is 25.3 Å². The largest absolute Gasteiger partial charge is 0.342 e. The van der Waals surface area contributed by atoms with Crippen LogP contribution in [0.3, 0.4) is 0 Å². The first-order chi connectivity index (χ1) is 7.24. The normalized spacial score (nSPS) is 16.1. The van der Waals surface area contributed by atoms with E-state index in [9.17, 15) is 4.79 Å². The topological polar surface area (TPSA) is 54.9 Å². The molecule has 1 aliphatic rings. The lowest BCUT2D eigenvalue weighted by molar-refractivity contribution is -0.110. The Morgan fingerprint density at radius 3 is 3.00 bits per heavy atom. The van der Waals surface area contributed by atoms with Gasteiger partial charge in [0.25, 0.3) is 0 Å². The van der Waals surface area contributed by atoms with Crippen molar-refractivity contribution in [1.82, 2.24) is 15.3 Å². The van der Waals surface area contributed by atoms with Gasteiger partial charge < -0.3 is 5.32 Å². The summed E-state index contributed by atoms with van der Waals surface area (Å²) in [5, 5.41) is 2.71. The summed E-state index contributed by atoms with van der Waals surface area (Å²) in [7, 11) is 0. The minimum Gasteiger partial charge on any atom is -0.342 e. The van der Waals surface area contributed by atoms with Gasteiger partial charge in [-0.15, -0.1) is 0 Å². The van der Waals surface area contributed by atoms with E-state index in [1.807, 2.05) is 13.0 Å². The van der Waals surface area contributed by atoms with Crippen molar-refractivity contribution in [1.29, 1.82) is 0 Å². The van der Waals surface area contributed by atoms with E-state index >= 15 is 0 Å². The number of rotatable bonds is 2. The van der Waals surface area contributed by atoms with Crippen molar-refractivity contribution in [3.8, 4) is 11.8 Å². The van der Waals surface area contributed by atoms with Crippen molar-refractivity contribution in [2.75, 3.05) is 0 Å². The van der Waals surface area contributed by atoms with Crippen LogP contribution in [0.4, 0.5) is 0 Å². The maximum absolute atomic E-state index is 10.3. The van der Waals surface area contributed by atoms with Crippen LogP contribution in [0.15, 0.2) is 12.3 Å². The van der Waals surface area contributed by atoms with Gasteiger partial charge in [0, 0.05) is 11.9 Å². The number of aryl methyl sites for hydroxylation is 1. The Balaban J connectivity index is 2.15. The molecule has 0 unspecified atom stereocenters. The SMILES string of the molecule is Cc1ccnc(C#CC2(NC=O)CC2)n1. The summed E-state index contributed by atoms with van der Waals surface area (Å²) in [6.07, 6.45) is 4.19. The second kappa shape index (κ2) is 3.70. The van der Waals surface area contributed by atoms with Gasteiger partial charge in [0.2, 0.25) is 12.2 Å². The van der Waals surface area contributed by atoms with E-state index in [-0.39, 0.29) is 5.54 Å². The highest BCUT2D eigenvalue weighted by Gasteiger charge is 2.40. The van der Waals surface area contributed by atoms with Gasteiger partial charge in [0.15, 0.2) is 0 Å². The average Bonchev–Trinajstić information content (AvgIpc) is 2.97. The molecule has 1 heterocycles. The highest BCUT2D eigenvalue weighted by molar-refractivity contribution is 5.52. The first-order valence-electron chi connectivity index (χ1n) is 4.78. The highest BCUT2D eigenvalue weighted by Crippen LogP contribution is 2.33. The van der Waals surface area contributed by atoms with Crippen LogP contribution in [0.25, 0.3) is 0 Å². The maximum Gasteiger partial charge on any atom is 0.208 e. The number of nitrogens with zero attached hydrogens (tertiary/aromatic N) is 2. The molecule has 4 heteroatoms. The molecule has 2 rings (SSSR count). The van der Waals surface area contributed by atoms with Gasteiger partial charge in [0.1, 0.15) is 5.54 Å². The molecule has 0 atom stereocenters. The molecule has 1 aromatic rings. The van der Waals surface area contributed by atoms with Gasteiger partial charge in [-0.3, -0.25) is 4.79 Å². The predicted octanol–water partition coefficient (Wildman–Crippen LogP) is 0.415. The number of hydrogen-bond donors (Lipinski definition) is 1. The van der Waals surface area contributed by atoms with Crippen molar-refractivity contribution in [3.63, 3.8) is 0 Å². The molecule has 0 saturated heterocycles. The Labute approximate surface area is 88.1 Å². The Hall–Kier alpha value is -1.89. The smallest absolute Gasteiger partial charge is 0.208 e. The highest BCUT2D eigenvalue weighted by atomic mass is 16.1. The molecular formula is C11H11N3O. The van der Waals surface area contributed by atoms with E-state index in [1.54, 1.807) is 6.20 Å². The maximum atomic E-state index is 10.3. The Morgan fingerprint density at radius 2 is 2.40 bits per heavy atom. The third kappa shape index (κ3) is 2.32. The zero-order valence-corrected chi connectivity index (χ0v) is 8.45. The molecule has 1 fully saturated rings. The fourth-order valence-corrected chi connectivity index (χ4v) is 1.23. The van der Waals surface area contributed by atoms with Crippen LogP contribution in [-0.2, 0) is 4.79 Å². The van der Waals surface area contributed by atoms with E-state index in [1.165, 1.54) is 0 Å². The zero-order chi connectivity index (χ0) is 10.7. The minimum absolute atomic E-state index is 0.311.